The molecule has 0 saturated carbocycles. The number of fused-ring (bicyclic) bond motifs is 1. The summed E-state index contributed by atoms with van der Waals surface area (Å²) in [6.45, 7) is 3.06. The minimum absolute atomic E-state index is 0.449. The van der Waals surface area contributed by atoms with Crippen LogP contribution in [0.2, 0.25) is 0 Å². The van der Waals surface area contributed by atoms with Crippen LogP contribution in [0.1, 0.15) is 36.4 Å². The molecule has 1 atom stereocenters. The maximum Gasteiger partial charge on any atom is 0.193 e. The van der Waals surface area contributed by atoms with E-state index in [1.807, 2.05) is 11.3 Å². The molecule has 3 aromatic heterocycles. The molecule has 0 amide bonds. The lowest BCUT2D eigenvalue weighted by molar-refractivity contribution is 0.497. The van der Waals surface area contributed by atoms with Gasteiger partial charge in [-0.05, 0) is 17.9 Å². The van der Waals surface area contributed by atoms with Crippen LogP contribution in [-0.4, -0.2) is 9.38 Å². The lowest BCUT2D eigenvalue weighted by Crippen LogP contribution is -2.20. The average molecular weight is 291 g/mol. The number of hydrogen-bond acceptors (Lipinski definition) is 4. The highest BCUT2D eigenvalue weighted by atomic mass is 32.1. The fourth-order valence-electron chi connectivity index (χ4n) is 2.21. The number of thiazole rings is 1. The Bertz CT molecular complexity index is 596. The zero-order chi connectivity index (χ0) is 13.1. The number of aromatic nitrogens is 2. The third kappa shape index (κ3) is 2.88. The number of imidazole rings is 1. The fourth-order valence-corrected chi connectivity index (χ4v) is 3.77. The summed E-state index contributed by atoms with van der Waals surface area (Å²) in [7, 11) is 0. The van der Waals surface area contributed by atoms with Crippen LogP contribution in [0, 0.1) is 0 Å². The summed E-state index contributed by atoms with van der Waals surface area (Å²) in [6, 6.07) is 4.78. The van der Waals surface area contributed by atoms with Gasteiger partial charge < -0.3 is 5.32 Å². The van der Waals surface area contributed by atoms with Crippen molar-refractivity contribution in [1.82, 2.24) is 14.7 Å². The molecule has 1 unspecified atom stereocenters. The Balaban J connectivity index is 1.67. The molecular formula is C14H17N3S2. The molecule has 0 aliphatic rings. The summed E-state index contributed by atoms with van der Waals surface area (Å²) in [5.41, 5.74) is 1.12. The second-order valence-electron chi connectivity index (χ2n) is 4.56. The maximum atomic E-state index is 4.61. The van der Waals surface area contributed by atoms with E-state index in [0.717, 1.165) is 17.2 Å². The molecule has 3 aromatic rings. The molecule has 0 saturated heterocycles. The van der Waals surface area contributed by atoms with Gasteiger partial charge in [-0.3, -0.25) is 4.40 Å². The van der Waals surface area contributed by atoms with Crippen LogP contribution < -0.4 is 5.32 Å². The van der Waals surface area contributed by atoms with Crippen molar-refractivity contribution < 1.29 is 0 Å². The van der Waals surface area contributed by atoms with Gasteiger partial charge in [-0.15, -0.1) is 22.7 Å². The zero-order valence-electron chi connectivity index (χ0n) is 10.9. The minimum Gasteiger partial charge on any atom is -0.303 e. The van der Waals surface area contributed by atoms with E-state index in [2.05, 4.69) is 56.9 Å². The number of hydrogen-bond donors (Lipinski definition) is 1. The van der Waals surface area contributed by atoms with E-state index in [4.69, 9.17) is 0 Å². The first kappa shape index (κ1) is 12.8. The van der Waals surface area contributed by atoms with Gasteiger partial charge in [0.25, 0.3) is 0 Å². The Morgan fingerprint density at radius 1 is 1.37 bits per heavy atom. The molecule has 3 heterocycles. The first-order chi connectivity index (χ1) is 9.36. The molecule has 0 aliphatic carbocycles. The number of rotatable bonds is 6. The Morgan fingerprint density at radius 3 is 3.05 bits per heavy atom. The van der Waals surface area contributed by atoms with Crippen LogP contribution in [0.4, 0.5) is 0 Å². The molecule has 0 fully saturated rings. The second kappa shape index (κ2) is 5.86. The largest absolute Gasteiger partial charge is 0.303 e. The molecule has 0 spiro atoms. The highest BCUT2D eigenvalue weighted by Gasteiger charge is 2.12. The van der Waals surface area contributed by atoms with Gasteiger partial charge in [0.05, 0.1) is 5.69 Å². The monoisotopic (exact) mass is 291 g/mol. The lowest BCUT2D eigenvalue weighted by Gasteiger charge is -2.15. The summed E-state index contributed by atoms with van der Waals surface area (Å²) >= 11 is 3.50. The smallest absolute Gasteiger partial charge is 0.193 e. The van der Waals surface area contributed by atoms with Crippen molar-refractivity contribution in [3.8, 4) is 0 Å². The first-order valence-corrected chi connectivity index (χ1v) is 8.30. The number of nitrogens with one attached hydrogen (secondary N) is 1. The van der Waals surface area contributed by atoms with Crippen LogP contribution in [-0.2, 0) is 6.54 Å². The quantitative estimate of drug-likeness (QED) is 0.741. The number of nitrogens with zero attached hydrogens (tertiary/aromatic N) is 2. The fraction of sp³-hybridized carbons (Fsp3) is 0.357. The van der Waals surface area contributed by atoms with Gasteiger partial charge >= 0.3 is 0 Å². The van der Waals surface area contributed by atoms with E-state index < -0.39 is 0 Å². The SMILES string of the molecule is CCCC(NCc1cn2ccsc2n1)c1cccs1. The molecule has 0 aliphatic heterocycles. The van der Waals surface area contributed by atoms with E-state index >= 15 is 0 Å². The Kier molecular flexibility index (Phi) is 3.96. The molecule has 0 aromatic carbocycles. The minimum atomic E-state index is 0.449. The maximum absolute atomic E-state index is 4.61. The normalized spacial score (nSPS) is 13.1. The summed E-state index contributed by atoms with van der Waals surface area (Å²) in [5.74, 6) is 0. The van der Waals surface area contributed by atoms with E-state index in [9.17, 15) is 0 Å². The number of thiophene rings is 1. The van der Waals surface area contributed by atoms with Crippen molar-refractivity contribution in [3.63, 3.8) is 0 Å². The van der Waals surface area contributed by atoms with Crippen LogP contribution in [0.15, 0.2) is 35.3 Å². The summed E-state index contributed by atoms with van der Waals surface area (Å²) in [6.07, 6.45) is 6.52. The third-order valence-corrected chi connectivity index (χ3v) is 4.89. The van der Waals surface area contributed by atoms with Crippen molar-refractivity contribution in [3.05, 3.63) is 45.9 Å². The standard InChI is InChI=1S/C14H17N3S2/c1-2-4-12(13-5-3-7-18-13)15-9-11-10-17-6-8-19-14(17)16-11/h3,5-8,10,12,15H,2,4,9H2,1H3. The predicted octanol–water partition coefficient (Wildman–Crippen LogP) is 4.09. The Morgan fingerprint density at radius 2 is 2.32 bits per heavy atom. The summed E-state index contributed by atoms with van der Waals surface area (Å²) in [5, 5.41) is 7.84. The molecule has 3 nitrogen and oxygen atoms in total. The average Bonchev–Trinajstić information content (AvgIpc) is 3.09. The van der Waals surface area contributed by atoms with Gasteiger partial charge in [-0.25, -0.2) is 4.98 Å². The Hall–Kier alpha value is -1.17. The van der Waals surface area contributed by atoms with Crippen molar-refractivity contribution in [2.45, 2.75) is 32.4 Å². The molecular weight excluding hydrogens is 274 g/mol. The molecule has 19 heavy (non-hydrogen) atoms. The third-order valence-electron chi connectivity index (χ3n) is 3.14. The van der Waals surface area contributed by atoms with Gasteiger partial charge in [-0.2, -0.15) is 0 Å². The van der Waals surface area contributed by atoms with Crippen molar-refractivity contribution in [1.29, 1.82) is 0 Å². The van der Waals surface area contributed by atoms with Crippen LogP contribution in [0.25, 0.3) is 4.96 Å². The van der Waals surface area contributed by atoms with E-state index in [1.54, 1.807) is 11.3 Å². The first-order valence-electron chi connectivity index (χ1n) is 6.54. The Labute approximate surface area is 120 Å². The van der Waals surface area contributed by atoms with Gasteiger partial charge in [0.2, 0.25) is 0 Å². The zero-order valence-corrected chi connectivity index (χ0v) is 12.5. The van der Waals surface area contributed by atoms with E-state index in [0.29, 0.717) is 6.04 Å². The van der Waals surface area contributed by atoms with Crippen LogP contribution in [0.3, 0.4) is 0 Å². The molecule has 0 radical (unpaired) electrons. The van der Waals surface area contributed by atoms with Crippen molar-refractivity contribution in [2.75, 3.05) is 0 Å². The summed E-state index contributed by atoms with van der Waals surface area (Å²) < 4.78 is 2.08. The van der Waals surface area contributed by atoms with Crippen molar-refractivity contribution >= 4 is 27.6 Å². The predicted molar refractivity (Wildman–Crippen MR) is 81.9 cm³/mol. The van der Waals surface area contributed by atoms with Crippen LogP contribution >= 0.6 is 22.7 Å². The molecule has 1 N–H and O–H groups in total. The highest BCUT2D eigenvalue weighted by molar-refractivity contribution is 7.15. The van der Waals surface area contributed by atoms with Crippen LogP contribution in [0.5, 0.6) is 0 Å². The van der Waals surface area contributed by atoms with Crippen molar-refractivity contribution in [2.24, 2.45) is 0 Å². The molecule has 5 heteroatoms. The topological polar surface area (TPSA) is 29.3 Å². The molecule has 0 bridgehead atoms. The van der Waals surface area contributed by atoms with Gasteiger partial charge in [0.1, 0.15) is 0 Å². The highest BCUT2D eigenvalue weighted by Crippen LogP contribution is 2.23. The van der Waals surface area contributed by atoms with Gasteiger partial charge in [-0.1, -0.05) is 19.4 Å². The molecule has 3 rings (SSSR count). The second-order valence-corrected chi connectivity index (χ2v) is 6.41. The van der Waals surface area contributed by atoms with Gasteiger partial charge in [0, 0.05) is 35.2 Å². The van der Waals surface area contributed by atoms with Gasteiger partial charge in [0.15, 0.2) is 4.96 Å². The van der Waals surface area contributed by atoms with E-state index in [1.165, 1.54) is 17.7 Å². The molecule has 100 valence electrons. The lowest BCUT2D eigenvalue weighted by atomic mass is 10.1. The van der Waals surface area contributed by atoms with E-state index in [-0.39, 0.29) is 0 Å². The summed E-state index contributed by atoms with van der Waals surface area (Å²) in [4.78, 5) is 7.10.